The highest BCUT2D eigenvalue weighted by Gasteiger charge is 2.18. The monoisotopic (exact) mass is 361 g/mol. The lowest BCUT2D eigenvalue weighted by molar-refractivity contribution is 0.0944. The normalized spacial score (nSPS) is 13.1. The summed E-state index contributed by atoms with van der Waals surface area (Å²) in [6.45, 7) is 1.97. The van der Waals surface area contributed by atoms with Crippen LogP contribution in [0.4, 0.5) is 0 Å². The highest BCUT2D eigenvalue weighted by atomic mass is 127. The number of benzene rings is 1. The number of amides is 1. The number of nitrogens with zero attached hydrogens (tertiary/aromatic N) is 1. The zero-order valence-electron chi connectivity index (χ0n) is 10.1. The summed E-state index contributed by atoms with van der Waals surface area (Å²) in [4.78, 5) is 12.1. The Labute approximate surface area is 120 Å². The third-order valence-electron chi connectivity index (χ3n) is 2.47. The van der Waals surface area contributed by atoms with E-state index in [4.69, 9.17) is 10.9 Å². The minimum Gasteiger partial charge on any atom is -0.409 e. The second-order valence-electron chi connectivity index (χ2n) is 3.82. The summed E-state index contributed by atoms with van der Waals surface area (Å²) in [5.74, 6) is -0.193. The van der Waals surface area contributed by atoms with Crippen molar-refractivity contribution < 1.29 is 10.0 Å². The van der Waals surface area contributed by atoms with E-state index in [2.05, 4.69) is 33.1 Å². The molecule has 5 nitrogen and oxygen atoms in total. The van der Waals surface area contributed by atoms with E-state index in [1.54, 1.807) is 12.1 Å². The number of oxime groups is 1. The predicted octanol–water partition coefficient (Wildman–Crippen LogP) is 1.94. The Morgan fingerprint density at radius 1 is 1.56 bits per heavy atom. The van der Waals surface area contributed by atoms with Gasteiger partial charge in [0.05, 0.1) is 11.6 Å². The fourth-order valence-electron chi connectivity index (χ4n) is 1.53. The highest BCUT2D eigenvalue weighted by molar-refractivity contribution is 14.1. The summed E-state index contributed by atoms with van der Waals surface area (Å²) < 4.78 is 0.863. The molecule has 98 valence electrons. The van der Waals surface area contributed by atoms with Crippen LogP contribution in [-0.4, -0.2) is 23.0 Å². The van der Waals surface area contributed by atoms with Crippen molar-refractivity contribution in [1.29, 1.82) is 0 Å². The maximum atomic E-state index is 12.1. The lowest BCUT2D eigenvalue weighted by atomic mass is 10.1. The van der Waals surface area contributed by atoms with Crippen LogP contribution in [0.2, 0.25) is 0 Å². The molecule has 0 aliphatic heterocycles. The summed E-state index contributed by atoms with van der Waals surface area (Å²) in [5, 5.41) is 14.4. The summed E-state index contributed by atoms with van der Waals surface area (Å²) in [5.41, 5.74) is 6.14. The number of rotatable bonds is 5. The number of nitrogens with one attached hydrogen (secondary N) is 1. The Morgan fingerprint density at radius 3 is 2.78 bits per heavy atom. The zero-order chi connectivity index (χ0) is 13.5. The van der Waals surface area contributed by atoms with Crippen LogP contribution in [0.15, 0.2) is 29.4 Å². The second kappa shape index (κ2) is 7.20. The van der Waals surface area contributed by atoms with Crippen molar-refractivity contribution in [2.24, 2.45) is 10.9 Å². The quantitative estimate of drug-likeness (QED) is 0.246. The number of amidine groups is 1. The van der Waals surface area contributed by atoms with Gasteiger partial charge in [0.15, 0.2) is 5.84 Å². The fourth-order valence-corrected chi connectivity index (χ4v) is 2.17. The van der Waals surface area contributed by atoms with Crippen molar-refractivity contribution >= 4 is 34.3 Å². The van der Waals surface area contributed by atoms with Gasteiger partial charge in [0.2, 0.25) is 0 Å². The van der Waals surface area contributed by atoms with E-state index in [1.165, 1.54) is 0 Å². The third-order valence-corrected chi connectivity index (χ3v) is 3.41. The maximum Gasteiger partial charge on any atom is 0.252 e. The number of hydrogen-bond acceptors (Lipinski definition) is 3. The number of halogens is 1. The van der Waals surface area contributed by atoms with Crippen LogP contribution in [-0.2, 0) is 0 Å². The third kappa shape index (κ3) is 3.86. The molecule has 1 unspecified atom stereocenters. The Morgan fingerprint density at radius 2 is 2.22 bits per heavy atom. The number of nitrogens with two attached hydrogens (primary N) is 1. The molecule has 0 saturated heterocycles. The maximum absolute atomic E-state index is 12.1. The van der Waals surface area contributed by atoms with E-state index in [0.717, 1.165) is 9.99 Å². The molecule has 1 aromatic carbocycles. The average Bonchev–Trinajstić information content (AvgIpc) is 2.37. The molecule has 1 atom stereocenters. The summed E-state index contributed by atoms with van der Waals surface area (Å²) >= 11 is 2.10. The van der Waals surface area contributed by atoms with Crippen molar-refractivity contribution in [3.05, 3.63) is 33.4 Å². The van der Waals surface area contributed by atoms with E-state index in [9.17, 15) is 4.79 Å². The lowest BCUT2D eigenvalue weighted by Gasteiger charge is -2.17. The number of carbonyl (C=O) groups is 1. The fraction of sp³-hybridized carbons (Fsp3) is 0.333. The summed E-state index contributed by atoms with van der Waals surface area (Å²) in [6.07, 6.45) is 1.46. The van der Waals surface area contributed by atoms with Crippen LogP contribution in [0.5, 0.6) is 0 Å². The van der Waals surface area contributed by atoms with E-state index in [-0.39, 0.29) is 11.7 Å². The molecule has 1 aromatic rings. The Hall–Kier alpha value is -1.31. The van der Waals surface area contributed by atoms with Gasteiger partial charge in [-0.15, -0.1) is 0 Å². The molecule has 0 aliphatic rings. The van der Waals surface area contributed by atoms with Gasteiger partial charge in [-0.05, 0) is 41.1 Å². The molecule has 4 N–H and O–H groups in total. The van der Waals surface area contributed by atoms with Gasteiger partial charge in [-0.3, -0.25) is 4.79 Å². The van der Waals surface area contributed by atoms with Crippen molar-refractivity contribution in [2.75, 3.05) is 0 Å². The van der Waals surface area contributed by atoms with E-state index in [0.29, 0.717) is 12.0 Å². The smallest absolute Gasteiger partial charge is 0.252 e. The van der Waals surface area contributed by atoms with Gasteiger partial charge >= 0.3 is 0 Å². The Kier molecular flexibility index (Phi) is 5.90. The first kappa shape index (κ1) is 14.7. The average molecular weight is 361 g/mol. The van der Waals surface area contributed by atoms with Crippen LogP contribution in [0.3, 0.4) is 0 Å². The van der Waals surface area contributed by atoms with Crippen molar-refractivity contribution in [3.63, 3.8) is 0 Å². The zero-order valence-corrected chi connectivity index (χ0v) is 12.2. The molecule has 1 rings (SSSR count). The molecule has 6 heteroatoms. The molecular weight excluding hydrogens is 345 g/mol. The van der Waals surface area contributed by atoms with Gasteiger partial charge in [-0.2, -0.15) is 0 Å². The first-order chi connectivity index (χ1) is 8.60. The molecule has 0 heterocycles. The molecule has 1 amide bonds. The lowest BCUT2D eigenvalue weighted by Crippen LogP contribution is -2.44. The minimum absolute atomic E-state index is 0.0242. The van der Waals surface area contributed by atoms with Crippen LogP contribution in [0.1, 0.15) is 30.1 Å². The van der Waals surface area contributed by atoms with E-state index >= 15 is 0 Å². The molecule has 0 saturated carbocycles. The van der Waals surface area contributed by atoms with Crippen molar-refractivity contribution in [2.45, 2.75) is 25.8 Å². The molecule has 18 heavy (non-hydrogen) atoms. The van der Waals surface area contributed by atoms with Crippen molar-refractivity contribution in [1.82, 2.24) is 5.32 Å². The molecule has 0 aromatic heterocycles. The topological polar surface area (TPSA) is 87.7 Å². The van der Waals surface area contributed by atoms with Crippen LogP contribution in [0.25, 0.3) is 0 Å². The van der Waals surface area contributed by atoms with Gasteiger partial charge in [-0.1, -0.05) is 30.6 Å². The van der Waals surface area contributed by atoms with Gasteiger partial charge < -0.3 is 16.3 Å². The molecular formula is C12H16IN3O2. The highest BCUT2D eigenvalue weighted by Crippen LogP contribution is 2.11. The van der Waals surface area contributed by atoms with E-state index in [1.807, 2.05) is 19.1 Å². The molecule has 0 spiro atoms. The van der Waals surface area contributed by atoms with Gasteiger partial charge in [-0.25, -0.2) is 0 Å². The first-order valence-electron chi connectivity index (χ1n) is 5.63. The van der Waals surface area contributed by atoms with Gasteiger partial charge in [0.25, 0.3) is 5.91 Å². The van der Waals surface area contributed by atoms with Crippen LogP contribution >= 0.6 is 22.6 Å². The van der Waals surface area contributed by atoms with Crippen LogP contribution < -0.4 is 11.1 Å². The Balaban J connectivity index is 2.82. The summed E-state index contributed by atoms with van der Waals surface area (Å²) in [7, 11) is 0. The summed E-state index contributed by atoms with van der Waals surface area (Å²) in [6, 6.07) is 6.82. The SMILES string of the molecule is CCCC(NC(=O)c1ccccc1I)/C(N)=N/O. The molecule has 0 bridgehead atoms. The first-order valence-corrected chi connectivity index (χ1v) is 6.70. The standard InChI is InChI=1S/C12H16IN3O2/c1-2-5-10(11(14)16-18)15-12(17)8-6-3-4-7-9(8)13/h3-4,6-7,10,18H,2,5H2,1H3,(H2,14,16)(H,15,17). The Bertz CT molecular complexity index is 449. The predicted molar refractivity (Wildman–Crippen MR) is 78.7 cm³/mol. The largest absolute Gasteiger partial charge is 0.409 e. The molecule has 0 fully saturated rings. The van der Waals surface area contributed by atoms with Crippen LogP contribution in [0, 0.1) is 3.57 Å². The van der Waals surface area contributed by atoms with Gasteiger partial charge in [0, 0.05) is 3.57 Å². The number of hydrogen-bond donors (Lipinski definition) is 3. The number of carbonyl (C=O) groups excluding carboxylic acids is 1. The van der Waals surface area contributed by atoms with Crippen molar-refractivity contribution in [3.8, 4) is 0 Å². The molecule has 0 radical (unpaired) electrons. The molecule has 0 aliphatic carbocycles. The van der Waals surface area contributed by atoms with E-state index < -0.39 is 6.04 Å². The van der Waals surface area contributed by atoms with Gasteiger partial charge in [0.1, 0.15) is 0 Å². The minimum atomic E-state index is -0.441. The second-order valence-corrected chi connectivity index (χ2v) is 4.98.